The highest BCUT2D eigenvalue weighted by Crippen LogP contribution is 2.54. The van der Waals surface area contributed by atoms with Crippen molar-refractivity contribution in [1.82, 2.24) is 0 Å². The van der Waals surface area contributed by atoms with Gasteiger partial charge >= 0.3 is 0 Å². The highest BCUT2D eigenvalue weighted by molar-refractivity contribution is 8.06. The fraction of sp³-hybridized carbons (Fsp3) is 0.167. The Morgan fingerprint density at radius 2 is 1.50 bits per heavy atom. The minimum atomic E-state index is -0.188. The number of benzene rings is 1. The molecule has 0 aromatic heterocycles. The molecule has 2 rings (SSSR count). The summed E-state index contributed by atoms with van der Waals surface area (Å²) in [7, 11) is -0.188. The van der Waals surface area contributed by atoms with Crippen molar-refractivity contribution < 1.29 is 0 Å². The van der Waals surface area contributed by atoms with Gasteiger partial charge in [-0.1, -0.05) is 30.3 Å². The van der Waals surface area contributed by atoms with E-state index in [2.05, 4.69) is 55.0 Å². The zero-order chi connectivity index (χ0) is 9.97. The number of thioether (sulfide) groups is 1. The first-order valence-corrected chi connectivity index (χ1v) is 6.91. The van der Waals surface area contributed by atoms with Gasteiger partial charge in [-0.3, -0.25) is 0 Å². The molecule has 72 valence electrons. The monoisotopic (exact) mass is 220 g/mol. The second kappa shape index (κ2) is 4.33. The maximum Gasteiger partial charge on any atom is -0.0157 e. The van der Waals surface area contributed by atoms with Gasteiger partial charge < -0.3 is 0 Å². The molecule has 2 heteroatoms. The van der Waals surface area contributed by atoms with Crippen LogP contribution in [0.15, 0.2) is 51.8 Å². The van der Waals surface area contributed by atoms with Crippen molar-refractivity contribution in [2.45, 2.75) is 13.8 Å². The van der Waals surface area contributed by atoms with E-state index in [1.807, 2.05) is 0 Å². The third-order valence-corrected chi connectivity index (χ3v) is 6.01. The zero-order valence-corrected chi connectivity index (χ0v) is 10.1. The number of hydrogen-bond donors (Lipinski definition) is 0. The third kappa shape index (κ3) is 1.94. The summed E-state index contributed by atoms with van der Waals surface area (Å²) in [4.78, 5) is 0. The molecule has 1 aromatic carbocycles. The molecule has 1 heterocycles. The van der Waals surface area contributed by atoms with Crippen LogP contribution < -0.4 is 5.30 Å². The number of rotatable bonds is 1. The van der Waals surface area contributed by atoms with Gasteiger partial charge in [-0.15, -0.1) is 11.8 Å². The van der Waals surface area contributed by atoms with E-state index in [1.54, 1.807) is 11.8 Å². The van der Waals surface area contributed by atoms with E-state index in [9.17, 15) is 0 Å². The fourth-order valence-corrected chi connectivity index (χ4v) is 5.11. The van der Waals surface area contributed by atoms with E-state index >= 15 is 0 Å². The van der Waals surface area contributed by atoms with Crippen molar-refractivity contribution in [2.24, 2.45) is 0 Å². The van der Waals surface area contributed by atoms with Crippen LogP contribution in [0, 0.1) is 0 Å². The van der Waals surface area contributed by atoms with Crippen LogP contribution >= 0.6 is 19.7 Å². The van der Waals surface area contributed by atoms with Crippen LogP contribution in [0.4, 0.5) is 0 Å². The van der Waals surface area contributed by atoms with Crippen molar-refractivity contribution in [3.63, 3.8) is 0 Å². The van der Waals surface area contributed by atoms with Gasteiger partial charge in [-0.2, -0.15) is 0 Å². The Kier molecular flexibility index (Phi) is 3.10. The Balaban J connectivity index is 2.38. The van der Waals surface area contributed by atoms with Crippen LogP contribution in [-0.2, 0) is 0 Å². The average molecular weight is 220 g/mol. The SMILES string of the molecule is CC1=CSC=C(C)P1c1ccccc1. The second-order valence-corrected chi connectivity index (χ2v) is 6.67. The van der Waals surface area contributed by atoms with Crippen molar-refractivity contribution in [3.05, 3.63) is 51.8 Å². The van der Waals surface area contributed by atoms with Crippen molar-refractivity contribution in [1.29, 1.82) is 0 Å². The summed E-state index contributed by atoms with van der Waals surface area (Å²) in [5.74, 6) is 0. The smallest absolute Gasteiger partial charge is 0.0157 e. The lowest BCUT2D eigenvalue weighted by Crippen LogP contribution is -2.02. The average Bonchev–Trinajstić information content (AvgIpc) is 2.19. The molecule has 0 saturated heterocycles. The second-order valence-electron chi connectivity index (χ2n) is 3.33. The van der Waals surface area contributed by atoms with E-state index in [0.717, 1.165) is 0 Å². The quantitative estimate of drug-likeness (QED) is 0.637. The first-order valence-electron chi connectivity index (χ1n) is 4.63. The summed E-state index contributed by atoms with van der Waals surface area (Å²) in [5.41, 5.74) is 0. The maximum absolute atomic E-state index is 2.27. The molecular weight excluding hydrogens is 207 g/mol. The summed E-state index contributed by atoms with van der Waals surface area (Å²) in [6.07, 6.45) is 0. The van der Waals surface area contributed by atoms with E-state index < -0.39 is 0 Å². The van der Waals surface area contributed by atoms with Gasteiger partial charge in [0.1, 0.15) is 0 Å². The summed E-state index contributed by atoms with van der Waals surface area (Å²) >= 11 is 1.80. The molecule has 0 nitrogen and oxygen atoms in total. The predicted octanol–water partition coefficient (Wildman–Crippen LogP) is 4.26. The summed E-state index contributed by atoms with van der Waals surface area (Å²) in [6.45, 7) is 4.48. The Labute approximate surface area is 90.9 Å². The van der Waals surface area contributed by atoms with E-state index in [1.165, 1.54) is 15.9 Å². The molecule has 0 fully saturated rings. The van der Waals surface area contributed by atoms with Crippen LogP contribution in [0.3, 0.4) is 0 Å². The van der Waals surface area contributed by atoms with Gasteiger partial charge in [0.05, 0.1) is 0 Å². The van der Waals surface area contributed by atoms with Crippen LogP contribution in [0.1, 0.15) is 13.8 Å². The number of hydrogen-bond acceptors (Lipinski definition) is 1. The van der Waals surface area contributed by atoms with E-state index in [4.69, 9.17) is 0 Å². The molecule has 0 bridgehead atoms. The molecule has 0 unspecified atom stereocenters. The zero-order valence-electron chi connectivity index (χ0n) is 8.40. The normalized spacial score (nSPS) is 17.6. The van der Waals surface area contributed by atoms with Crippen molar-refractivity contribution >= 4 is 25.0 Å². The van der Waals surface area contributed by atoms with Crippen molar-refractivity contribution in [2.75, 3.05) is 0 Å². The van der Waals surface area contributed by atoms with Gasteiger partial charge in [0.25, 0.3) is 0 Å². The van der Waals surface area contributed by atoms with Gasteiger partial charge in [-0.05, 0) is 48.5 Å². The minimum Gasteiger partial charge on any atom is -0.105 e. The largest absolute Gasteiger partial charge is 0.105 e. The molecule has 0 spiro atoms. The molecule has 0 saturated carbocycles. The summed E-state index contributed by atoms with van der Waals surface area (Å²) in [6, 6.07) is 10.8. The minimum absolute atomic E-state index is 0.188. The Hall–Kier alpha value is -0.520. The summed E-state index contributed by atoms with van der Waals surface area (Å²) < 4.78 is 0. The molecule has 0 N–H and O–H groups in total. The molecule has 0 amide bonds. The highest BCUT2D eigenvalue weighted by atomic mass is 32.2. The summed E-state index contributed by atoms with van der Waals surface area (Å²) in [5, 5.41) is 9.02. The third-order valence-electron chi connectivity index (χ3n) is 2.20. The van der Waals surface area contributed by atoms with Crippen LogP contribution in [0.2, 0.25) is 0 Å². The van der Waals surface area contributed by atoms with E-state index in [0.29, 0.717) is 0 Å². The fourth-order valence-electron chi connectivity index (χ4n) is 1.60. The van der Waals surface area contributed by atoms with E-state index in [-0.39, 0.29) is 7.92 Å². The molecule has 1 aliphatic heterocycles. The Bertz CT molecular complexity index is 361. The first kappa shape index (κ1) is 10.0. The lowest BCUT2D eigenvalue weighted by Gasteiger charge is -2.22. The molecule has 14 heavy (non-hydrogen) atoms. The molecular formula is C12H13PS. The lowest BCUT2D eigenvalue weighted by molar-refractivity contribution is 1.62. The molecule has 0 atom stereocenters. The van der Waals surface area contributed by atoms with Crippen LogP contribution in [0.5, 0.6) is 0 Å². The Morgan fingerprint density at radius 1 is 0.929 bits per heavy atom. The van der Waals surface area contributed by atoms with Gasteiger partial charge in [0.2, 0.25) is 0 Å². The van der Waals surface area contributed by atoms with Gasteiger partial charge in [0, 0.05) is 0 Å². The Morgan fingerprint density at radius 3 is 2.07 bits per heavy atom. The highest BCUT2D eigenvalue weighted by Gasteiger charge is 2.16. The predicted molar refractivity (Wildman–Crippen MR) is 68.1 cm³/mol. The lowest BCUT2D eigenvalue weighted by atomic mass is 10.4. The standard InChI is InChI=1S/C12H13PS/c1-10-8-14-9-11(2)13(10)12-6-4-3-5-7-12/h3-9H,1-2H3. The molecule has 1 aliphatic rings. The molecule has 1 aromatic rings. The molecule has 0 radical (unpaired) electrons. The van der Waals surface area contributed by atoms with Gasteiger partial charge in [0.15, 0.2) is 0 Å². The van der Waals surface area contributed by atoms with Crippen LogP contribution in [-0.4, -0.2) is 0 Å². The van der Waals surface area contributed by atoms with Gasteiger partial charge in [-0.25, -0.2) is 0 Å². The first-order chi connectivity index (χ1) is 6.79. The van der Waals surface area contributed by atoms with Crippen molar-refractivity contribution in [3.8, 4) is 0 Å². The van der Waals surface area contributed by atoms with Crippen LogP contribution in [0.25, 0.3) is 0 Å². The molecule has 0 aliphatic carbocycles. The number of allylic oxidation sites excluding steroid dienone is 2. The topological polar surface area (TPSA) is 0 Å². The maximum atomic E-state index is 2.27.